The van der Waals surface area contributed by atoms with Gasteiger partial charge in [0.25, 0.3) is 5.91 Å². The summed E-state index contributed by atoms with van der Waals surface area (Å²) in [4.78, 5) is 15.0. The van der Waals surface area contributed by atoms with Gasteiger partial charge in [-0.05, 0) is 49.6 Å². The van der Waals surface area contributed by atoms with Crippen molar-refractivity contribution in [1.82, 2.24) is 19.9 Å². The fourth-order valence-corrected chi connectivity index (χ4v) is 3.52. The molecule has 1 amide bonds. The van der Waals surface area contributed by atoms with Gasteiger partial charge in [0, 0.05) is 6.54 Å². The summed E-state index contributed by atoms with van der Waals surface area (Å²) in [5, 5.41) is 8.22. The Morgan fingerprint density at radius 3 is 2.58 bits per heavy atom. The van der Waals surface area contributed by atoms with Crippen molar-refractivity contribution in [1.29, 1.82) is 0 Å². The van der Waals surface area contributed by atoms with Crippen molar-refractivity contribution in [2.24, 2.45) is 0 Å². The molecule has 3 aromatic rings. The van der Waals surface area contributed by atoms with E-state index in [0.29, 0.717) is 23.6 Å². The topological polar surface area (TPSA) is 51.0 Å². The Balaban J connectivity index is 1.63. The second kappa shape index (κ2) is 6.71. The predicted octanol–water partition coefficient (Wildman–Crippen LogP) is 3.69. The standard InChI is InChI=1S/C20H19FN4O/c1-14-19(22-23-25(14)17-11-9-16(21)10-12-17)20(26)24-13-5-8-18(24)15-6-3-2-4-7-15/h2-4,6-7,9-12,18H,5,8,13H2,1H3/t18-/m0/s1. The SMILES string of the molecule is Cc1c(C(=O)N2CCC[C@H]2c2ccccc2)nnn1-c1ccc(F)cc1. The van der Waals surface area contributed by atoms with Crippen molar-refractivity contribution in [2.75, 3.05) is 6.54 Å². The van der Waals surface area contributed by atoms with Crippen molar-refractivity contribution in [2.45, 2.75) is 25.8 Å². The van der Waals surface area contributed by atoms with Crippen LogP contribution in [0.2, 0.25) is 0 Å². The maximum atomic E-state index is 13.1. The third-order valence-electron chi connectivity index (χ3n) is 4.87. The van der Waals surface area contributed by atoms with Gasteiger partial charge in [-0.15, -0.1) is 5.10 Å². The molecule has 1 atom stereocenters. The van der Waals surface area contributed by atoms with Gasteiger partial charge in [-0.3, -0.25) is 4.79 Å². The van der Waals surface area contributed by atoms with E-state index in [1.54, 1.807) is 16.8 Å². The number of likely N-dealkylation sites (tertiary alicyclic amines) is 1. The molecule has 0 spiro atoms. The predicted molar refractivity (Wildman–Crippen MR) is 95.5 cm³/mol. The third kappa shape index (κ3) is 2.87. The van der Waals surface area contributed by atoms with E-state index in [1.165, 1.54) is 12.1 Å². The lowest BCUT2D eigenvalue weighted by atomic mass is 10.0. The largest absolute Gasteiger partial charge is 0.330 e. The van der Waals surface area contributed by atoms with Crippen LogP contribution >= 0.6 is 0 Å². The molecule has 4 rings (SSSR count). The highest BCUT2D eigenvalue weighted by molar-refractivity contribution is 5.93. The van der Waals surface area contributed by atoms with Crippen molar-refractivity contribution in [3.05, 3.63) is 77.4 Å². The van der Waals surface area contributed by atoms with Crippen LogP contribution in [0.3, 0.4) is 0 Å². The van der Waals surface area contributed by atoms with Crippen molar-refractivity contribution >= 4 is 5.91 Å². The Bertz CT molecular complexity index is 921. The van der Waals surface area contributed by atoms with Gasteiger partial charge in [0.1, 0.15) is 5.82 Å². The molecule has 0 aliphatic carbocycles. The minimum Gasteiger partial charge on any atom is -0.330 e. The second-order valence-electron chi connectivity index (χ2n) is 6.48. The first-order valence-corrected chi connectivity index (χ1v) is 8.69. The molecule has 1 saturated heterocycles. The molecular formula is C20H19FN4O. The quantitative estimate of drug-likeness (QED) is 0.724. The van der Waals surface area contributed by atoms with Crippen LogP contribution in [0.4, 0.5) is 4.39 Å². The van der Waals surface area contributed by atoms with E-state index in [0.717, 1.165) is 18.4 Å². The Kier molecular flexibility index (Phi) is 4.24. The van der Waals surface area contributed by atoms with Gasteiger partial charge in [-0.25, -0.2) is 9.07 Å². The monoisotopic (exact) mass is 350 g/mol. The first-order chi connectivity index (χ1) is 12.6. The fraction of sp³-hybridized carbons (Fsp3) is 0.250. The average molecular weight is 350 g/mol. The molecule has 0 unspecified atom stereocenters. The van der Waals surface area contributed by atoms with E-state index in [-0.39, 0.29) is 17.8 Å². The van der Waals surface area contributed by atoms with Crippen LogP contribution in [0.5, 0.6) is 0 Å². The summed E-state index contributed by atoms with van der Waals surface area (Å²) in [5.41, 5.74) is 2.82. The number of aromatic nitrogens is 3. The van der Waals surface area contributed by atoms with Gasteiger partial charge in [0.05, 0.1) is 17.4 Å². The van der Waals surface area contributed by atoms with Gasteiger partial charge >= 0.3 is 0 Å². The summed E-state index contributed by atoms with van der Waals surface area (Å²) in [6.45, 7) is 2.52. The molecule has 0 radical (unpaired) electrons. The first kappa shape index (κ1) is 16.4. The molecule has 0 saturated carbocycles. The molecule has 0 N–H and O–H groups in total. The molecule has 1 aromatic heterocycles. The van der Waals surface area contributed by atoms with E-state index >= 15 is 0 Å². The van der Waals surface area contributed by atoms with E-state index in [4.69, 9.17) is 0 Å². The number of carbonyl (C=O) groups excluding carboxylic acids is 1. The summed E-state index contributed by atoms with van der Waals surface area (Å²) in [7, 11) is 0. The molecule has 1 fully saturated rings. The average Bonchev–Trinajstić information content (AvgIpc) is 3.30. The number of amides is 1. The lowest BCUT2D eigenvalue weighted by Crippen LogP contribution is -2.31. The summed E-state index contributed by atoms with van der Waals surface area (Å²) in [6.07, 6.45) is 1.91. The van der Waals surface area contributed by atoms with Crippen molar-refractivity contribution < 1.29 is 9.18 Å². The van der Waals surface area contributed by atoms with Gasteiger partial charge in [-0.1, -0.05) is 35.5 Å². The number of halogens is 1. The Hall–Kier alpha value is -3.02. The van der Waals surface area contributed by atoms with Crippen molar-refractivity contribution in [3.8, 4) is 5.69 Å². The van der Waals surface area contributed by atoms with Crippen LogP contribution in [0, 0.1) is 12.7 Å². The van der Waals surface area contributed by atoms with Crippen LogP contribution in [0.1, 0.15) is 40.6 Å². The first-order valence-electron chi connectivity index (χ1n) is 8.69. The van der Waals surface area contributed by atoms with Gasteiger partial charge in [0.2, 0.25) is 0 Å². The molecule has 5 nitrogen and oxygen atoms in total. The molecule has 0 bridgehead atoms. The highest BCUT2D eigenvalue weighted by atomic mass is 19.1. The molecule has 1 aliphatic heterocycles. The normalized spacial score (nSPS) is 16.8. The Labute approximate surface area is 151 Å². The summed E-state index contributed by atoms with van der Waals surface area (Å²) in [5.74, 6) is -0.423. The minimum atomic E-state index is -0.314. The van der Waals surface area contributed by atoms with Gasteiger partial charge < -0.3 is 4.90 Å². The Morgan fingerprint density at radius 1 is 1.12 bits per heavy atom. The van der Waals surface area contributed by atoms with E-state index in [9.17, 15) is 9.18 Å². The third-order valence-corrected chi connectivity index (χ3v) is 4.87. The zero-order chi connectivity index (χ0) is 18.1. The molecule has 2 heterocycles. The minimum absolute atomic E-state index is 0.0686. The summed E-state index contributed by atoms with van der Waals surface area (Å²) >= 11 is 0. The van der Waals surface area contributed by atoms with E-state index in [1.807, 2.05) is 30.0 Å². The number of rotatable bonds is 3. The summed E-state index contributed by atoms with van der Waals surface area (Å²) < 4.78 is 14.7. The number of benzene rings is 2. The van der Waals surface area contributed by atoms with E-state index < -0.39 is 0 Å². The van der Waals surface area contributed by atoms with E-state index in [2.05, 4.69) is 22.4 Å². The lowest BCUT2D eigenvalue weighted by molar-refractivity contribution is 0.0729. The molecule has 1 aliphatic rings. The highest BCUT2D eigenvalue weighted by Gasteiger charge is 2.33. The van der Waals surface area contributed by atoms with Crippen LogP contribution in [-0.4, -0.2) is 32.3 Å². The van der Waals surface area contributed by atoms with Crippen LogP contribution in [-0.2, 0) is 0 Å². The number of hydrogen-bond donors (Lipinski definition) is 0. The molecule has 26 heavy (non-hydrogen) atoms. The number of carbonyl (C=O) groups is 1. The zero-order valence-corrected chi connectivity index (χ0v) is 14.5. The van der Waals surface area contributed by atoms with Crippen LogP contribution in [0.15, 0.2) is 54.6 Å². The second-order valence-corrected chi connectivity index (χ2v) is 6.48. The van der Waals surface area contributed by atoms with Crippen molar-refractivity contribution in [3.63, 3.8) is 0 Å². The number of nitrogens with zero attached hydrogens (tertiary/aromatic N) is 4. The van der Waals surface area contributed by atoms with Crippen LogP contribution < -0.4 is 0 Å². The maximum absolute atomic E-state index is 13.1. The molecular weight excluding hydrogens is 331 g/mol. The van der Waals surface area contributed by atoms with Gasteiger partial charge in [-0.2, -0.15) is 0 Å². The molecule has 6 heteroatoms. The van der Waals surface area contributed by atoms with Crippen LogP contribution in [0.25, 0.3) is 5.69 Å². The smallest absolute Gasteiger partial charge is 0.276 e. The number of hydrogen-bond acceptors (Lipinski definition) is 3. The zero-order valence-electron chi connectivity index (χ0n) is 14.5. The lowest BCUT2D eigenvalue weighted by Gasteiger charge is -2.24. The molecule has 132 valence electrons. The highest BCUT2D eigenvalue weighted by Crippen LogP contribution is 2.33. The van der Waals surface area contributed by atoms with Gasteiger partial charge in [0.15, 0.2) is 5.69 Å². The Morgan fingerprint density at radius 2 is 1.85 bits per heavy atom. The summed E-state index contributed by atoms with van der Waals surface area (Å²) in [6, 6.07) is 16.1. The fourth-order valence-electron chi connectivity index (χ4n) is 3.52. The molecule has 2 aromatic carbocycles. The maximum Gasteiger partial charge on any atom is 0.276 e.